The Morgan fingerprint density at radius 1 is 1.20 bits per heavy atom. The maximum atomic E-state index is 8.91. The largest absolute Gasteiger partial charge is 0.497 e. The molecule has 0 aliphatic heterocycles. The van der Waals surface area contributed by atoms with E-state index in [1.54, 1.807) is 7.11 Å². The van der Waals surface area contributed by atoms with Crippen LogP contribution in [0, 0.1) is 17.2 Å². The van der Waals surface area contributed by atoms with Gasteiger partial charge in [0.25, 0.3) is 0 Å². The highest BCUT2D eigenvalue weighted by Crippen LogP contribution is 2.21. The molecule has 0 saturated carbocycles. The molecule has 2 aromatic rings. The maximum Gasteiger partial charge on any atom is 0.119 e. The van der Waals surface area contributed by atoms with Gasteiger partial charge in [0.15, 0.2) is 0 Å². The van der Waals surface area contributed by atoms with E-state index in [9.17, 15) is 0 Å². The third kappa shape index (κ3) is 3.49. The first-order valence-electron chi connectivity index (χ1n) is 6.93. The summed E-state index contributed by atoms with van der Waals surface area (Å²) in [6, 6.07) is 14.8. The van der Waals surface area contributed by atoms with Crippen molar-refractivity contribution in [3.8, 4) is 11.8 Å². The molecule has 104 valence electrons. The van der Waals surface area contributed by atoms with Crippen LogP contribution in [0.4, 0.5) is 0 Å². The minimum atomic E-state index is 0.0970. The Morgan fingerprint density at radius 3 is 2.65 bits per heavy atom. The van der Waals surface area contributed by atoms with Gasteiger partial charge >= 0.3 is 0 Å². The van der Waals surface area contributed by atoms with E-state index < -0.39 is 0 Å². The number of benzene rings is 2. The summed E-state index contributed by atoms with van der Waals surface area (Å²) in [6.07, 6.45) is 0.890. The van der Waals surface area contributed by atoms with E-state index >= 15 is 0 Å². The van der Waals surface area contributed by atoms with E-state index in [1.807, 2.05) is 19.1 Å². The molecule has 1 atom stereocenters. The zero-order valence-electron chi connectivity index (χ0n) is 12.0. The molecule has 3 nitrogen and oxygen atoms in total. The number of fused-ring (bicyclic) bond motifs is 1. The van der Waals surface area contributed by atoms with Crippen LogP contribution in [-0.2, 0) is 6.54 Å². The molecule has 1 unspecified atom stereocenters. The molecule has 0 spiro atoms. The van der Waals surface area contributed by atoms with Crippen molar-refractivity contribution in [2.24, 2.45) is 5.92 Å². The molecule has 0 aromatic heterocycles. The number of nitrogens with one attached hydrogen (secondary N) is 1. The van der Waals surface area contributed by atoms with Gasteiger partial charge < -0.3 is 10.1 Å². The predicted octanol–water partition coefficient (Wildman–Crippen LogP) is 3.49. The lowest BCUT2D eigenvalue weighted by atomic mass is 10.1. The van der Waals surface area contributed by atoms with Crippen molar-refractivity contribution < 1.29 is 4.74 Å². The van der Waals surface area contributed by atoms with Crippen LogP contribution in [0.2, 0.25) is 0 Å². The molecule has 2 rings (SSSR count). The van der Waals surface area contributed by atoms with Crippen molar-refractivity contribution in [2.75, 3.05) is 13.7 Å². The van der Waals surface area contributed by atoms with Crippen molar-refractivity contribution in [3.05, 3.63) is 42.0 Å². The average Bonchev–Trinajstić information content (AvgIpc) is 2.51. The van der Waals surface area contributed by atoms with Crippen molar-refractivity contribution in [2.45, 2.75) is 19.9 Å². The summed E-state index contributed by atoms with van der Waals surface area (Å²) in [6.45, 7) is 3.58. The molecule has 20 heavy (non-hydrogen) atoms. The first-order valence-corrected chi connectivity index (χ1v) is 6.93. The summed E-state index contributed by atoms with van der Waals surface area (Å²) in [5, 5.41) is 14.6. The molecule has 0 heterocycles. The van der Waals surface area contributed by atoms with Crippen LogP contribution >= 0.6 is 0 Å². The molecule has 0 saturated heterocycles. The van der Waals surface area contributed by atoms with Gasteiger partial charge in [-0.1, -0.05) is 25.1 Å². The van der Waals surface area contributed by atoms with E-state index in [2.05, 4.69) is 35.7 Å². The zero-order valence-corrected chi connectivity index (χ0v) is 12.0. The number of nitriles is 1. The summed E-state index contributed by atoms with van der Waals surface area (Å²) in [5.74, 6) is 0.975. The Hall–Kier alpha value is -2.05. The van der Waals surface area contributed by atoms with Gasteiger partial charge in [-0.25, -0.2) is 0 Å². The summed E-state index contributed by atoms with van der Waals surface area (Å²) < 4.78 is 5.23. The molecule has 0 amide bonds. The second-order valence-corrected chi connectivity index (χ2v) is 4.91. The van der Waals surface area contributed by atoms with Gasteiger partial charge in [-0.3, -0.25) is 0 Å². The van der Waals surface area contributed by atoms with Crippen molar-refractivity contribution in [3.63, 3.8) is 0 Å². The third-order valence-corrected chi connectivity index (χ3v) is 3.51. The van der Waals surface area contributed by atoms with Crippen LogP contribution in [0.3, 0.4) is 0 Å². The maximum absolute atomic E-state index is 8.91. The second kappa shape index (κ2) is 6.93. The van der Waals surface area contributed by atoms with Gasteiger partial charge in [0.05, 0.1) is 19.1 Å². The van der Waals surface area contributed by atoms with E-state index in [0.717, 1.165) is 25.3 Å². The van der Waals surface area contributed by atoms with Crippen molar-refractivity contribution in [1.29, 1.82) is 5.26 Å². The summed E-state index contributed by atoms with van der Waals surface area (Å²) >= 11 is 0. The Kier molecular flexibility index (Phi) is 4.97. The summed E-state index contributed by atoms with van der Waals surface area (Å²) in [4.78, 5) is 0. The summed E-state index contributed by atoms with van der Waals surface area (Å²) in [7, 11) is 1.68. The average molecular weight is 268 g/mol. The predicted molar refractivity (Wildman–Crippen MR) is 81.6 cm³/mol. The number of methoxy groups -OCH3 is 1. The quantitative estimate of drug-likeness (QED) is 0.872. The second-order valence-electron chi connectivity index (χ2n) is 4.91. The smallest absolute Gasteiger partial charge is 0.119 e. The standard InChI is InChI=1S/C17H20N2O/c1-3-13(10-18)11-19-12-14-4-5-16-9-17(20-2)7-6-15(16)8-14/h4-9,13,19H,3,11-12H2,1-2H3. The topological polar surface area (TPSA) is 45.0 Å². The Labute approximate surface area is 120 Å². The first-order chi connectivity index (χ1) is 9.76. The molecule has 0 radical (unpaired) electrons. The van der Waals surface area contributed by atoms with E-state index in [1.165, 1.54) is 16.3 Å². The van der Waals surface area contributed by atoms with Crippen molar-refractivity contribution >= 4 is 10.8 Å². The number of hydrogen-bond donors (Lipinski definition) is 1. The molecule has 0 aliphatic carbocycles. The fraction of sp³-hybridized carbons (Fsp3) is 0.353. The van der Waals surface area contributed by atoms with E-state index in [-0.39, 0.29) is 5.92 Å². The highest BCUT2D eigenvalue weighted by molar-refractivity contribution is 5.84. The Morgan fingerprint density at radius 2 is 1.95 bits per heavy atom. The van der Waals surface area contributed by atoms with Crippen LogP contribution in [0.15, 0.2) is 36.4 Å². The Balaban J connectivity index is 2.03. The van der Waals surface area contributed by atoms with Crippen LogP contribution in [0.25, 0.3) is 10.8 Å². The van der Waals surface area contributed by atoms with Crippen molar-refractivity contribution in [1.82, 2.24) is 5.32 Å². The molecule has 0 bridgehead atoms. The van der Waals surface area contributed by atoms with Gasteiger partial charge in [0.1, 0.15) is 5.75 Å². The minimum Gasteiger partial charge on any atom is -0.497 e. The SMILES string of the molecule is CCC(C#N)CNCc1ccc2cc(OC)ccc2c1. The van der Waals surface area contributed by atoms with Gasteiger partial charge in [0.2, 0.25) is 0 Å². The van der Waals surface area contributed by atoms with Gasteiger partial charge in [0, 0.05) is 13.1 Å². The van der Waals surface area contributed by atoms with Gasteiger partial charge in [-0.2, -0.15) is 5.26 Å². The fourth-order valence-corrected chi connectivity index (χ4v) is 2.18. The highest BCUT2D eigenvalue weighted by Gasteiger charge is 2.04. The van der Waals surface area contributed by atoms with Crippen LogP contribution in [-0.4, -0.2) is 13.7 Å². The molecule has 3 heteroatoms. The highest BCUT2D eigenvalue weighted by atomic mass is 16.5. The number of rotatable bonds is 6. The van der Waals surface area contributed by atoms with Gasteiger partial charge in [-0.05, 0) is 41.0 Å². The van der Waals surface area contributed by atoms with Crippen LogP contribution in [0.1, 0.15) is 18.9 Å². The van der Waals surface area contributed by atoms with Gasteiger partial charge in [-0.15, -0.1) is 0 Å². The number of ether oxygens (including phenoxy) is 1. The lowest BCUT2D eigenvalue weighted by Crippen LogP contribution is -2.21. The summed E-state index contributed by atoms with van der Waals surface area (Å²) in [5.41, 5.74) is 1.23. The van der Waals surface area contributed by atoms with Crippen LogP contribution in [0.5, 0.6) is 5.75 Å². The molecular formula is C17H20N2O. The molecule has 0 aliphatic rings. The lowest BCUT2D eigenvalue weighted by molar-refractivity contribution is 0.415. The lowest BCUT2D eigenvalue weighted by Gasteiger charge is -2.09. The zero-order chi connectivity index (χ0) is 14.4. The van der Waals surface area contributed by atoms with E-state index in [0.29, 0.717) is 0 Å². The molecular weight excluding hydrogens is 248 g/mol. The fourth-order valence-electron chi connectivity index (χ4n) is 2.18. The normalized spacial score (nSPS) is 12.1. The molecule has 1 N–H and O–H groups in total. The third-order valence-electron chi connectivity index (χ3n) is 3.51. The minimum absolute atomic E-state index is 0.0970. The first kappa shape index (κ1) is 14.4. The number of hydrogen-bond acceptors (Lipinski definition) is 3. The monoisotopic (exact) mass is 268 g/mol. The van der Waals surface area contributed by atoms with E-state index in [4.69, 9.17) is 10.00 Å². The van der Waals surface area contributed by atoms with Crippen LogP contribution < -0.4 is 10.1 Å². The molecule has 0 fully saturated rings. The molecule has 2 aromatic carbocycles. The number of nitrogens with zero attached hydrogens (tertiary/aromatic N) is 1. The Bertz CT molecular complexity index is 616.